The van der Waals surface area contributed by atoms with Crippen molar-refractivity contribution in [1.29, 1.82) is 0 Å². The predicted molar refractivity (Wildman–Crippen MR) is 96.0 cm³/mol. The summed E-state index contributed by atoms with van der Waals surface area (Å²) >= 11 is 1.85. The van der Waals surface area contributed by atoms with Crippen molar-refractivity contribution in [1.82, 2.24) is 4.90 Å². The number of ether oxygens (including phenoxy) is 2. The number of hydrogen-bond donors (Lipinski definition) is 0. The van der Waals surface area contributed by atoms with Crippen LogP contribution in [0, 0.1) is 18.8 Å². The Labute approximate surface area is 145 Å². The second kappa shape index (κ2) is 7.22. The van der Waals surface area contributed by atoms with E-state index in [1.165, 1.54) is 36.4 Å². The predicted octanol–water partition coefficient (Wildman–Crippen LogP) is 4.10. The molecule has 3 nitrogen and oxygen atoms in total. The summed E-state index contributed by atoms with van der Waals surface area (Å²) in [4.78, 5) is 4.02. The summed E-state index contributed by atoms with van der Waals surface area (Å²) in [5.74, 6) is 0.742. The van der Waals surface area contributed by atoms with Gasteiger partial charge in [0.2, 0.25) is 0 Å². The molecule has 4 unspecified atom stereocenters. The minimum Gasteiger partial charge on any atom is -0.347 e. The van der Waals surface area contributed by atoms with Gasteiger partial charge in [0, 0.05) is 23.9 Å². The Hall–Kier alpha value is -0.420. The fourth-order valence-corrected chi connectivity index (χ4v) is 4.86. The molecule has 0 aliphatic carbocycles. The number of rotatable bonds is 5. The summed E-state index contributed by atoms with van der Waals surface area (Å²) in [6.45, 7) is 13.1. The van der Waals surface area contributed by atoms with Crippen LogP contribution in [0.3, 0.4) is 0 Å². The molecule has 0 radical (unpaired) electrons. The number of piperidine rings is 1. The number of likely N-dealkylation sites (tertiary alicyclic amines) is 1. The van der Waals surface area contributed by atoms with E-state index in [2.05, 4.69) is 44.0 Å². The number of nitrogens with zero attached hydrogens (tertiary/aromatic N) is 1. The van der Waals surface area contributed by atoms with Gasteiger partial charge < -0.3 is 14.4 Å². The van der Waals surface area contributed by atoms with Crippen LogP contribution in [0.1, 0.15) is 44.1 Å². The maximum atomic E-state index is 6.38. The topological polar surface area (TPSA) is 21.7 Å². The minimum atomic E-state index is -0.442. The van der Waals surface area contributed by atoms with Crippen LogP contribution in [0.4, 0.5) is 0 Å². The Bertz CT molecular complexity index is 517. The van der Waals surface area contributed by atoms with E-state index in [-0.39, 0.29) is 6.10 Å². The van der Waals surface area contributed by atoms with Gasteiger partial charge in [-0.15, -0.1) is 11.3 Å². The molecule has 2 aliphatic heterocycles. The van der Waals surface area contributed by atoms with E-state index >= 15 is 0 Å². The van der Waals surface area contributed by atoms with Crippen molar-refractivity contribution < 1.29 is 9.47 Å². The third kappa shape index (κ3) is 4.16. The molecule has 0 bridgehead atoms. The van der Waals surface area contributed by atoms with Crippen molar-refractivity contribution in [3.63, 3.8) is 0 Å². The molecule has 0 spiro atoms. The highest BCUT2D eigenvalue weighted by Gasteiger charge is 2.42. The molecular formula is C19H31NO2S. The molecule has 0 amide bonds. The van der Waals surface area contributed by atoms with E-state index in [0.29, 0.717) is 5.92 Å². The lowest BCUT2D eigenvalue weighted by molar-refractivity contribution is -0.188. The first kappa shape index (κ1) is 17.4. The molecule has 1 aromatic heterocycles. The van der Waals surface area contributed by atoms with Crippen molar-refractivity contribution >= 4 is 11.3 Å². The lowest BCUT2D eigenvalue weighted by atomic mass is 9.96. The maximum Gasteiger partial charge on any atom is 0.169 e. The van der Waals surface area contributed by atoms with Crippen LogP contribution in [0.25, 0.3) is 0 Å². The molecule has 2 saturated heterocycles. The molecule has 23 heavy (non-hydrogen) atoms. The van der Waals surface area contributed by atoms with Crippen LogP contribution in [0.15, 0.2) is 11.4 Å². The van der Waals surface area contributed by atoms with E-state index < -0.39 is 5.79 Å². The second-order valence-corrected chi connectivity index (χ2v) is 8.71. The highest BCUT2D eigenvalue weighted by atomic mass is 32.1. The lowest BCUT2D eigenvalue weighted by Gasteiger charge is -2.33. The lowest BCUT2D eigenvalue weighted by Crippen LogP contribution is -2.42. The zero-order chi connectivity index (χ0) is 16.4. The van der Waals surface area contributed by atoms with Crippen molar-refractivity contribution in [3.05, 3.63) is 21.9 Å². The fourth-order valence-electron chi connectivity index (χ4n) is 3.82. The fraction of sp³-hybridized carbons (Fsp3) is 0.789. The van der Waals surface area contributed by atoms with Gasteiger partial charge >= 0.3 is 0 Å². The summed E-state index contributed by atoms with van der Waals surface area (Å²) < 4.78 is 12.5. The molecule has 4 heteroatoms. The summed E-state index contributed by atoms with van der Waals surface area (Å²) in [5, 5.41) is 2.18. The molecule has 0 aromatic carbocycles. The van der Waals surface area contributed by atoms with Crippen molar-refractivity contribution in [2.75, 3.05) is 26.2 Å². The molecule has 3 heterocycles. The van der Waals surface area contributed by atoms with Crippen LogP contribution in [-0.4, -0.2) is 43.0 Å². The minimum absolute atomic E-state index is 0.220. The normalized spacial score (nSPS) is 33.9. The zero-order valence-electron chi connectivity index (χ0n) is 15.0. The maximum absolute atomic E-state index is 6.38. The van der Waals surface area contributed by atoms with Gasteiger partial charge in [-0.2, -0.15) is 0 Å². The molecule has 0 N–H and O–H groups in total. The van der Waals surface area contributed by atoms with Crippen LogP contribution >= 0.6 is 11.3 Å². The van der Waals surface area contributed by atoms with Gasteiger partial charge in [-0.25, -0.2) is 0 Å². The first-order valence-electron chi connectivity index (χ1n) is 9.03. The Morgan fingerprint density at radius 3 is 3.00 bits per heavy atom. The number of aryl methyl sites for hydroxylation is 1. The van der Waals surface area contributed by atoms with E-state index in [4.69, 9.17) is 9.47 Å². The monoisotopic (exact) mass is 337 g/mol. The summed E-state index contributed by atoms with van der Waals surface area (Å²) in [6, 6.07) is 2.20. The van der Waals surface area contributed by atoms with Crippen molar-refractivity contribution in [2.45, 2.75) is 58.8 Å². The van der Waals surface area contributed by atoms with Crippen LogP contribution in [0.2, 0.25) is 0 Å². The summed E-state index contributed by atoms with van der Waals surface area (Å²) in [5.41, 5.74) is 1.39. The number of thiophene rings is 1. The van der Waals surface area contributed by atoms with Gasteiger partial charge in [0.05, 0.1) is 12.7 Å². The van der Waals surface area contributed by atoms with Gasteiger partial charge in [-0.1, -0.05) is 13.8 Å². The highest BCUT2D eigenvalue weighted by Crippen LogP contribution is 2.35. The third-order valence-electron chi connectivity index (χ3n) is 5.51. The van der Waals surface area contributed by atoms with Crippen LogP contribution in [0.5, 0.6) is 0 Å². The number of hydrogen-bond acceptors (Lipinski definition) is 4. The summed E-state index contributed by atoms with van der Waals surface area (Å²) in [7, 11) is 0. The smallest absolute Gasteiger partial charge is 0.169 e. The molecule has 4 atom stereocenters. The molecule has 130 valence electrons. The van der Waals surface area contributed by atoms with E-state index in [1.54, 1.807) is 0 Å². The van der Waals surface area contributed by atoms with Gasteiger partial charge in [0.25, 0.3) is 0 Å². The standard InChI is InChI=1S/C19H31NO2S/c1-14-6-5-8-20(11-14)12-17-13-21-19(4,22-17)16(3)10-18-15(2)7-9-23-18/h7,9,14,16-17H,5-6,8,10-13H2,1-4H3. The van der Waals surface area contributed by atoms with Gasteiger partial charge in [0.15, 0.2) is 5.79 Å². The Morgan fingerprint density at radius 1 is 1.48 bits per heavy atom. The van der Waals surface area contributed by atoms with Crippen molar-refractivity contribution in [2.24, 2.45) is 11.8 Å². The molecule has 0 saturated carbocycles. The SMILES string of the molecule is Cc1ccsc1CC(C)C1(C)OCC(CN2CCCC(C)C2)O1. The molecular weight excluding hydrogens is 306 g/mol. The average Bonchev–Trinajstić information content (AvgIpc) is 3.07. The Balaban J connectivity index is 1.53. The van der Waals surface area contributed by atoms with Gasteiger partial charge in [-0.05, 0) is 62.6 Å². The largest absolute Gasteiger partial charge is 0.347 e. The first-order valence-corrected chi connectivity index (χ1v) is 9.91. The molecule has 2 fully saturated rings. The second-order valence-electron chi connectivity index (χ2n) is 7.71. The zero-order valence-corrected chi connectivity index (χ0v) is 15.8. The molecule has 1 aromatic rings. The van der Waals surface area contributed by atoms with Crippen molar-refractivity contribution in [3.8, 4) is 0 Å². The highest BCUT2D eigenvalue weighted by molar-refractivity contribution is 7.10. The van der Waals surface area contributed by atoms with Gasteiger partial charge in [-0.3, -0.25) is 0 Å². The first-order chi connectivity index (χ1) is 11.0. The van der Waals surface area contributed by atoms with Crippen LogP contribution in [-0.2, 0) is 15.9 Å². The van der Waals surface area contributed by atoms with Gasteiger partial charge in [0.1, 0.15) is 0 Å². The summed E-state index contributed by atoms with van der Waals surface area (Å²) in [6.07, 6.45) is 3.94. The van der Waals surface area contributed by atoms with E-state index in [9.17, 15) is 0 Å². The Kier molecular flexibility index (Phi) is 5.46. The quantitative estimate of drug-likeness (QED) is 0.807. The third-order valence-corrected chi connectivity index (χ3v) is 6.56. The molecule has 3 rings (SSSR count). The average molecular weight is 338 g/mol. The van der Waals surface area contributed by atoms with E-state index in [0.717, 1.165) is 25.5 Å². The molecule has 2 aliphatic rings. The van der Waals surface area contributed by atoms with E-state index in [1.807, 2.05) is 11.3 Å². The van der Waals surface area contributed by atoms with Crippen LogP contribution < -0.4 is 0 Å². The Morgan fingerprint density at radius 2 is 2.30 bits per heavy atom.